The van der Waals surface area contributed by atoms with Crippen LogP contribution in [0.1, 0.15) is 19.3 Å². The van der Waals surface area contributed by atoms with Crippen molar-refractivity contribution in [1.82, 2.24) is 4.98 Å². The quantitative estimate of drug-likeness (QED) is 0.541. The third-order valence-corrected chi connectivity index (χ3v) is 5.47. The summed E-state index contributed by atoms with van der Waals surface area (Å²) in [5.74, 6) is 1.12. The lowest BCUT2D eigenvalue weighted by molar-refractivity contribution is -0.113. The molecule has 9 nitrogen and oxygen atoms in total. The number of nitrogens with one attached hydrogen (secondary N) is 1. The summed E-state index contributed by atoms with van der Waals surface area (Å²) in [5, 5.41) is 2.70. The molecular weight excluding hydrogens is 382 g/mol. The number of hydrogen-bond acceptors (Lipinski definition) is 8. The Kier molecular flexibility index (Phi) is 5.68. The van der Waals surface area contributed by atoms with Gasteiger partial charge in [0.1, 0.15) is 17.7 Å². The number of aromatic nitrogens is 1. The molecular formula is C15H19N3O6S2. The summed E-state index contributed by atoms with van der Waals surface area (Å²) in [4.78, 5) is 30.2. The van der Waals surface area contributed by atoms with Crippen molar-refractivity contribution < 1.29 is 26.9 Å². The number of carbonyl (C=O) groups excluding carboxylic acids is 2. The molecule has 26 heavy (non-hydrogen) atoms. The van der Waals surface area contributed by atoms with Gasteiger partial charge < -0.3 is 10.1 Å². The van der Waals surface area contributed by atoms with E-state index in [2.05, 4.69) is 14.5 Å². The summed E-state index contributed by atoms with van der Waals surface area (Å²) in [6.45, 7) is 0.478. The van der Waals surface area contributed by atoms with E-state index in [0.29, 0.717) is 43.2 Å². The van der Waals surface area contributed by atoms with E-state index in [0.717, 1.165) is 11.2 Å². The molecule has 0 spiro atoms. The Labute approximate surface area is 155 Å². The first-order valence-electron chi connectivity index (χ1n) is 8.08. The molecule has 0 radical (unpaired) electrons. The Bertz CT molecular complexity index is 814. The predicted octanol–water partition coefficient (Wildman–Crippen LogP) is 1.60. The number of hydrogen-bond donors (Lipinski definition) is 1. The second-order valence-electron chi connectivity index (χ2n) is 5.99. The van der Waals surface area contributed by atoms with E-state index >= 15 is 0 Å². The molecule has 3 heterocycles. The largest absolute Gasteiger partial charge is 0.444 e. The maximum absolute atomic E-state index is 12.1. The number of carbonyl (C=O) groups is 2. The van der Waals surface area contributed by atoms with Gasteiger partial charge in [0.15, 0.2) is 0 Å². The Morgan fingerprint density at radius 1 is 1.38 bits per heavy atom. The molecule has 2 aliphatic heterocycles. The van der Waals surface area contributed by atoms with Gasteiger partial charge in [0.05, 0.1) is 30.1 Å². The third-order valence-electron chi connectivity index (χ3n) is 3.83. The summed E-state index contributed by atoms with van der Waals surface area (Å²) in [6.07, 6.45) is 2.07. The Hall–Kier alpha value is -1.85. The van der Waals surface area contributed by atoms with Gasteiger partial charge in [-0.15, -0.1) is 11.8 Å². The average molecular weight is 401 g/mol. The molecule has 3 rings (SSSR count). The highest BCUT2D eigenvalue weighted by molar-refractivity contribution is 8.00. The third kappa shape index (κ3) is 4.86. The van der Waals surface area contributed by atoms with Crippen molar-refractivity contribution in [2.24, 2.45) is 0 Å². The van der Waals surface area contributed by atoms with Gasteiger partial charge >= 0.3 is 6.09 Å². The fourth-order valence-corrected chi connectivity index (χ4v) is 3.82. The molecule has 1 unspecified atom stereocenters. The van der Waals surface area contributed by atoms with E-state index in [-0.39, 0.29) is 18.6 Å². The molecule has 0 bridgehead atoms. The van der Waals surface area contributed by atoms with Gasteiger partial charge in [0.2, 0.25) is 5.91 Å². The minimum absolute atomic E-state index is 0.118. The van der Waals surface area contributed by atoms with E-state index < -0.39 is 16.2 Å². The van der Waals surface area contributed by atoms with Crippen LogP contribution in [0.4, 0.5) is 16.4 Å². The maximum atomic E-state index is 12.1. The van der Waals surface area contributed by atoms with Crippen molar-refractivity contribution in [2.75, 3.05) is 35.4 Å². The molecule has 0 saturated carbocycles. The fraction of sp³-hybridized carbons (Fsp3) is 0.533. The van der Waals surface area contributed by atoms with Crippen molar-refractivity contribution in [3.05, 3.63) is 12.1 Å². The van der Waals surface area contributed by atoms with Crippen LogP contribution < -0.4 is 10.2 Å². The second-order valence-corrected chi connectivity index (χ2v) is 8.65. The lowest BCUT2D eigenvalue weighted by Gasteiger charge is -2.18. The summed E-state index contributed by atoms with van der Waals surface area (Å²) < 4.78 is 31.8. The van der Waals surface area contributed by atoms with Crippen molar-refractivity contribution in [1.29, 1.82) is 0 Å². The van der Waals surface area contributed by atoms with Crippen LogP contribution >= 0.6 is 11.8 Å². The molecule has 0 aromatic carbocycles. The smallest absolute Gasteiger partial charge is 0.415 e. The van der Waals surface area contributed by atoms with Crippen LogP contribution in [-0.2, 0) is 23.8 Å². The van der Waals surface area contributed by atoms with Crippen LogP contribution in [0.15, 0.2) is 17.0 Å². The summed E-state index contributed by atoms with van der Waals surface area (Å²) in [5.41, 5.74) is 0. The van der Waals surface area contributed by atoms with Crippen molar-refractivity contribution in [3.63, 3.8) is 0 Å². The fourth-order valence-electron chi connectivity index (χ4n) is 2.65. The molecule has 2 aliphatic rings. The molecule has 2 amide bonds. The van der Waals surface area contributed by atoms with Gasteiger partial charge in [-0.2, -0.15) is 8.42 Å². The van der Waals surface area contributed by atoms with Gasteiger partial charge in [-0.25, -0.2) is 9.78 Å². The zero-order valence-electron chi connectivity index (χ0n) is 14.1. The average Bonchev–Trinajstić information content (AvgIpc) is 2.93. The summed E-state index contributed by atoms with van der Waals surface area (Å²) in [6, 6.07) is 3.55. The number of amides is 2. The van der Waals surface area contributed by atoms with E-state index in [1.165, 1.54) is 16.7 Å². The van der Waals surface area contributed by atoms with Gasteiger partial charge in [0, 0.05) is 0 Å². The SMILES string of the molecule is CS(=O)(=O)OCCCCC1CN(c2ccc3c(n2)NC(=O)CS3)C(=O)O1. The molecule has 11 heteroatoms. The highest BCUT2D eigenvalue weighted by Crippen LogP contribution is 2.32. The van der Waals surface area contributed by atoms with Gasteiger partial charge in [-0.3, -0.25) is 13.9 Å². The number of anilines is 2. The molecule has 1 fully saturated rings. The van der Waals surface area contributed by atoms with Crippen LogP contribution in [0, 0.1) is 0 Å². The van der Waals surface area contributed by atoms with Crippen LogP contribution in [0.3, 0.4) is 0 Å². The Morgan fingerprint density at radius 2 is 2.19 bits per heavy atom. The normalized spacial score (nSPS) is 19.9. The first-order chi connectivity index (χ1) is 12.3. The van der Waals surface area contributed by atoms with Crippen molar-refractivity contribution in [2.45, 2.75) is 30.3 Å². The molecule has 142 valence electrons. The van der Waals surface area contributed by atoms with E-state index in [1.807, 2.05) is 6.07 Å². The lowest BCUT2D eigenvalue weighted by atomic mass is 10.1. The van der Waals surface area contributed by atoms with Gasteiger partial charge in [-0.1, -0.05) is 0 Å². The number of nitrogens with zero attached hydrogens (tertiary/aromatic N) is 2. The van der Waals surface area contributed by atoms with E-state index in [9.17, 15) is 18.0 Å². The first-order valence-corrected chi connectivity index (χ1v) is 10.9. The minimum Gasteiger partial charge on any atom is -0.444 e. The number of rotatable bonds is 7. The standard InChI is InChI=1S/C15H19N3O6S2/c1-26(21,22)23-7-3-2-4-10-8-18(15(20)24-10)12-6-5-11-14(16-12)17-13(19)9-25-11/h5-6,10H,2-4,7-9H2,1H3,(H,16,17,19). The van der Waals surface area contributed by atoms with Gasteiger partial charge in [0.25, 0.3) is 10.1 Å². The van der Waals surface area contributed by atoms with E-state index in [1.54, 1.807) is 6.07 Å². The molecule has 1 saturated heterocycles. The first kappa shape index (κ1) is 18.9. The maximum Gasteiger partial charge on any atom is 0.415 e. The number of thioether (sulfide) groups is 1. The molecule has 0 aliphatic carbocycles. The van der Waals surface area contributed by atoms with Crippen molar-refractivity contribution in [3.8, 4) is 0 Å². The zero-order valence-corrected chi connectivity index (χ0v) is 15.8. The topological polar surface area (TPSA) is 115 Å². The molecule has 1 aromatic heterocycles. The molecule has 1 N–H and O–H groups in total. The van der Waals surface area contributed by atoms with Crippen LogP contribution in [-0.4, -0.2) is 56.7 Å². The second kappa shape index (κ2) is 7.80. The number of pyridine rings is 1. The zero-order chi connectivity index (χ0) is 18.7. The monoisotopic (exact) mass is 401 g/mol. The highest BCUT2D eigenvalue weighted by atomic mass is 32.2. The van der Waals surface area contributed by atoms with E-state index in [4.69, 9.17) is 4.74 Å². The van der Waals surface area contributed by atoms with Crippen molar-refractivity contribution >= 4 is 45.5 Å². The summed E-state index contributed by atoms with van der Waals surface area (Å²) >= 11 is 1.40. The summed E-state index contributed by atoms with van der Waals surface area (Å²) in [7, 11) is -3.42. The number of ether oxygens (including phenoxy) is 1. The van der Waals surface area contributed by atoms with Crippen LogP contribution in [0.25, 0.3) is 0 Å². The molecule has 1 atom stereocenters. The number of unbranched alkanes of at least 4 members (excludes halogenated alkanes) is 1. The Balaban J connectivity index is 1.53. The Morgan fingerprint density at radius 3 is 2.96 bits per heavy atom. The number of fused-ring (bicyclic) bond motifs is 1. The van der Waals surface area contributed by atoms with Gasteiger partial charge in [-0.05, 0) is 31.4 Å². The predicted molar refractivity (Wildman–Crippen MR) is 95.9 cm³/mol. The lowest BCUT2D eigenvalue weighted by Crippen LogP contribution is -2.27. The number of cyclic esters (lactones) is 1. The minimum atomic E-state index is -3.42. The highest BCUT2D eigenvalue weighted by Gasteiger charge is 2.33. The van der Waals surface area contributed by atoms with Crippen LogP contribution in [0.2, 0.25) is 0 Å². The van der Waals surface area contributed by atoms with Crippen LogP contribution in [0.5, 0.6) is 0 Å². The molecule has 1 aromatic rings.